The van der Waals surface area contributed by atoms with E-state index in [2.05, 4.69) is 5.32 Å². The molecule has 1 rings (SSSR count). The van der Waals surface area contributed by atoms with E-state index >= 15 is 0 Å². The van der Waals surface area contributed by atoms with Crippen molar-refractivity contribution in [2.45, 2.75) is 13.8 Å². The van der Waals surface area contributed by atoms with Crippen LogP contribution in [0, 0.1) is 25.1 Å². The number of benzene rings is 1. The maximum atomic E-state index is 13.8. The van der Waals surface area contributed by atoms with Crippen molar-refractivity contribution in [3.05, 3.63) is 29.1 Å². The third kappa shape index (κ3) is 2.93. The van der Waals surface area contributed by atoms with Gasteiger partial charge in [-0.3, -0.25) is 15.6 Å². The Labute approximate surface area is 98.9 Å². The van der Waals surface area contributed by atoms with Gasteiger partial charge in [-0.05, 0) is 31.0 Å². The highest BCUT2D eigenvalue weighted by Crippen LogP contribution is 2.24. The highest BCUT2D eigenvalue weighted by atomic mass is 19.1. The molecule has 0 aliphatic carbocycles. The summed E-state index contributed by atoms with van der Waals surface area (Å²) >= 11 is 0. The molecule has 0 unspecified atom stereocenters. The lowest BCUT2D eigenvalue weighted by atomic mass is 10.1. The molecule has 1 aromatic carbocycles. The van der Waals surface area contributed by atoms with Crippen LogP contribution in [0.3, 0.4) is 0 Å². The minimum absolute atomic E-state index is 0.175. The van der Waals surface area contributed by atoms with Crippen LogP contribution in [0.15, 0.2) is 12.1 Å². The molecule has 17 heavy (non-hydrogen) atoms. The van der Waals surface area contributed by atoms with E-state index in [1.165, 1.54) is 13.1 Å². The summed E-state index contributed by atoms with van der Waals surface area (Å²) in [5, 5.41) is 9.04. The topological polar surface area (TPSA) is 82.2 Å². The van der Waals surface area contributed by atoms with Gasteiger partial charge in [-0.1, -0.05) is 6.07 Å². The van der Waals surface area contributed by atoms with Gasteiger partial charge in [-0.2, -0.15) is 0 Å². The first-order chi connectivity index (χ1) is 7.82. The number of aryl methyl sites for hydroxylation is 2. The van der Waals surface area contributed by atoms with Crippen molar-refractivity contribution < 1.29 is 9.18 Å². The smallest absolute Gasteiger partial charge is 0.328 e. The highest BCUT2D eigenvalue weighted by molar-refractivity contribution is 6.02. The second-order valence-electron chi connectivity index (χ2n) is 3.82. The van der Waals surface area contributed by atoms with Gasteiger partial charge in [-0.25, -0.2) is 9.18 Å². The number of anilines is 1. The van der Waals surface area contributed by atoms with Crippen molar-refractivity contribution in [2.24, 2.45) is 5.73 Å². The van der Waals surface area contributed by atoms with Crippen molar-refractivity contribution in [3.8, 4) is 0 Å². The summed E-state index contributed by atoms with van der Waals surface area (Å²) in [5.41, 5.74) is 6.64. The molecular formula is C11H15FN4O. The molecule has 4 N–H and O–H groups in total. The van der Waals surface area contributed by atoms with Crippen molar-refractivity contribution in [1.29, 1.82) is 5.41 Å². The lowest BCUT2D eigenvalue weighted by Crippen LogP contribution is -2.44. The Hall–Kier alpha value is -2.11. The predicted molar refractivity (Wildman–Crippen MR) is 64.7 cm³/mol. The fraction of sp³-hybridized carbons (Fsp3) is 0.273. The third-order valence-corrected chi connectivity index (χ3v) is 2.28. The van der Waals surface area contributed by atoms with Crippen LogP contribution in [0.25, 0.3) is 0 Å². The summed E-state index contributed by atoms with van der Waals surface area (Å²) in [6.45, 7) is 3.48. The first-order valence-corrected chi connectivity index (χ1v) is 4.98. The predicted octanol–water partition coefficient (Wildman–Crippen LogP) is 1.48. The number of carbonyl (C=O) groups is 1. The molecule has 92 valence electrons. The molecule has 5 nitrogen and oxygen atoms in total. The molecule has 2 amide bonds. The number of guanidine groups is 1. The molecule has 0 aromatic heterocycles. The van der Waals surface area contributed by atoms with Crippen LogP contribution in [0.5, 0.6) is 0 Å². The first-order valence-electron chi connectivity index (χ1n) is 4.98. The number of nitrogens with two attached hydrogens (primary N) is 1. The molecule has 0 radical (unpaired) electrons. The standard InChI is InChI=1S/C11H15FN4O/c1-6-4-7(2)9(8(12)5-6)16(3)11(17)15-10(13)14/h4-5H,1-3H3,(H4,13,14,15,17). The zero-order chi connectivity index (χ0) is 13.2. The van der Waals surface area contributed by atoms with E-state index in [9.17, 15) is 9.18 Å². The fourth-order valence-electron chi connectivity index (χ4n) is 1.63. The molecular weight excluding hydrogens is 223 g/mol. The SMILES string of the molecule is Cc1cc(C)c(N(C)C(=O)NC(=N)N)c(F)c1. The largest absolute Gasteiger partial charge is 0.370 e. The Morgan fingerprint density at radius 3 is 2.53 bits per heavy atom. The number of nitrogens with one attached hydrogen (secondary N) is 2. The zero-order valence-corrected chi connectivity index (χ0v) is 9.97. The molecule has 0 bridgehead atoms. The summed E-state index contributed by atoms with van der Waals surface area (Å²) in [6, 6.07) is 2.47. The van der Waals surface area contributed by atoms with Crippen molar-refractivity contribution >= 4 is 17.7 Å². The average Bonchev–Trinajstić information content (AvgIpc) is 2.14. The molecule has 0 saturated carbocycles. The van der Waals surface area contributed by atoms with Crippen molar-refractivity contribution in [2.75, 3.05) is 11.9 Å². The fourth-order valence-corrected chi connectivity index (χ4v) is 1.63. The van der Waals surface area contributed by atoms with Gasteiger partial charge in [0.1, 0.15) is 5.82 Å². The average molecular weight is 238 g/mol. The summed E-state index contributed by atoms with van der Waals surface area (Å²) in [7, 11) is 1.42. The van der Waals surface area contributed by atoms with E-state index in [0.717, 1.165) is 10.5 Å². The van der Waals surface area contributed by atoms with Gasteiger partial charge in [0, 0.05) is 7.05 Å². The number of halogens is 1. The number of amides is 2. The van der Waals surface area contributed by atoms with Crippen LogP contribution in [-0.2, 0) is 0 Å². The van der Waals surface area contributed by atoms with Crippen LogP contribution in [0.4, 0.5) is 14.9 Å². The zero-order valence-electron chi connectivity index (χ0n) is 9.97. The lowest BCUT2D eigenvalue weighted by Gasteiger charge is -2.20. The second-order valence-corrected chi connectivity index (χ2v) is 3.82. The minimum Gasteiger partial charge on any atom is -0.370 e. The van der Waals surface area contributed by atoms with E-state index in [4.69, 9.17) is 11.1 Å². The van der Waals surface area contributed by atoms with Gasteiger partial charge < -0.3 is 5.73 Å². The summed E-state index contributed by atoms with van der Waals surface area (Å²) in [5.74, 6) is -0.962. The minimum atomic E-state index is -0.650. The Balaban J connectivity index is 3.08. The van der Waals surface area contributed by atoms with Gasteiger partial charge in [0.05, 0.1) is 5.69 Å². The number of carbonyl (C=O) groups excluding carboxylic acids is 1. The Kier molecular flexibility index (Phi) is 3.67. The maximum absolute atomic E-state index is 13.8. The van der Waals surface area contributed by atoms with E-state index in [1.807, 2.05) is 0 Å². The quantitative estimate of drug-likeness (QED) is 0.511. The maximum Gasteiger partial charge on any atom is 0.328 e. The first kappa shape index (κ1) is 13.0. The van der Waals surface area contributed by atoms with Crippen molar-refractivity contribution in [3.63, 3.8) is 0 Å². The van der Waals surface area contributed by atoms with Crippen LogP contribution >= 0.6 is 0 Å². The summed E-state index contributed by atoms with van der Waals surface area (Å²) in [6.07, 6.45) is 0. The number of hydrogen-bond acceptors (Lipinski definition) is 2. The summed E-state index contributed by atoms with van der Waals surface area (Å²) < 4.78 is 13.8. The number of hydrogen-bond donors (Lipinski definition) is 3. The van der Waals surface area contributed by atoms with Crippen molar-refractivity contribution in [1.82, 2.24) is 5.32 Å². The molecule has 6 heteroatoms. The monoisotopic (exact) mass is 238 g/mol. The molecule has 0 fully saturated rings. The number of nitrogens with zero attached hydrogens (tertiary/aromatic N) is 1. The second kappa shape index (κ2) is 4.82. The highest BCUT2D eigenvalue weighted by Gasteiger charge is 2.17. The molecule has 0 aliphatic heterocycles. The normalized spacial score (nSPS) is 9.88. The molecule has 0 atom stereocenters. The Morgan fingerprint density at radius 1 is 1.47 bits per heavy atom. The molecule has 1 aromatic rings. The van der Waals surface area contributed by atoms with Gasteiger partial charge in [0.2, 0.25) is 0 Å². The van der Waals surface area contributed by atoms with E-state index in [1.54, 1.807) is 19.9 Å². The molecule has 0 aliphatic rings. The molecule has 0 saturated heterocycles. The van der Waals surface area contributed by atoms with Gasteiger partial charge >= 0.3 is 6.03 Å². The van der Waals surface area contributed by atoms with Crippen LogP contribution in [0.1, 0.15) is 11.1 Å². The van der Waals surface area contributed by atoms with Gasteiger partial charge in [0.15, 0.2) is 5.96 Å². The van der Waals surface area contributed by atoms with Crippen LogP contribution < -0.4 is 16.0 Å². The summed E-state index contributed by atoms with van der Waals surface area (Å²) in [4.78, 5) is 12.7. The molecule has 0 heterocycles. The van der Waals surface area contributed by atoms with Crippen LogP contribution in [-0.4, -0.2) is 19.0 Å². The Morgan fingerprint density at radius 2 is 2.06 bits per heavy atom. The van der Waals surface area contributed by atoms with Crippen LogP contribution in [0.2, 0.25) is 0 Å². The number of rotatable bonds is 1. The third-order valence-electron chi connectivity index (χ3n) is 2.28. The molecule has 0 spiro atoms. The van der Waals surface area contributed by atoms with E-state index < -0.39 is 17.8 Å². The number of urea groups is 1. The van der Waals surface area contributed by atoms with E-state index in [-0.39, 0.29) is 5.69 Å². The van der Waals surface area contributed by atoms with Gasteiger partial charge in [-0.15, -0.1) is 0 Å². The van der Waals surface area contributed by atoms with E-state index in [0.29, 0.717) is 5.56 Å². The lowest BCUT2D eigenvalue weighted by molar-refractivity contribution is 0.251. The Bertz CT molecular complexity index is 450. The van der Waals surface area contributed by atoms with Gasteiger partial charge in [0.25, 0.3) is 0 Å².